The second-order valence-corrected chi connectivity index (χ2v) is 39.4. The fourth-order valence-corrected chi connectivity index (χ4v) is 20.5. The van der Waals surface area contributed by atoms with Gasteiger partial charge in [-0.3, -0.25) is 0 Å². The molecule has 20 aromatic carbocycles. The fraction of sp³-hybridized carbons (Fsp3) is 0.138. The summed E-state index contributed by atoms with van der Waals surface area (Å²) in [5.74, 6) is 0. The van der Waals surface area contributed by atoms with Gasteiger partial charge in [-0.25, -0.2) is 0 Å². The van der Waals surface area contributed by atoms with Gasteiger partial charge in [0.05, 0.1) is 0 Å². The number of hydrogen-bond acceptors (Lipinski definition) is 0. The standard InChI is InChI=1S/C66H57N.C64H53N/c1-8-67-61-37-31-51(44-17-13-10-14-18-44)39-57(61)58-40-52(32-38-62(58)67)48-21-19-46(20-22-48)47-25-29-50(30-26-47)64-56-36-34-53(65(2,3)4)41-59(56)63(55-35-33-54(42-60(55)64)66(5,6)7)49-27-23-45(24-28-49)43-15-11-9-12-16-43;1-7-65-60-35-31-52(39-56(60)57-40-53(64(4,5)6)32-36-61(57)65)49-21-19-46(20-22-49)48-25-29-51(30-26-48)63-55-34-14-41(2)37-58(55)62(54-33-13-42(3)38-59(54)63)50-27-23-47(24-28-50)45-17-15-44(16-18-45)43-11-9-8-10-12-43/h9-42H,8H2,1-7H3;8-40H,7H2,1-6H3. The Morgan fingerprint density at radius 1 is 0.159 bits per heavy atom. The molecule has 2 nitrogen and oxygen atoms in total. The lowest BCUT2D eigenvalue weighted by molar-refractivity contribution is 0.590. The SMILES string of the molecule is CCn1c2ccc(-c3ccc(-c4ccc(-c5c6ccc(C)cc6c(-c6ccc(-c7ccc(-c8ccccc8)cc7)cc6)c6ccc(C)cc56)cc4)cc3)cc2c2cc(C(C)(C)C)ccc21.CCn1c2ccc(-c3ccccc3)cc2c2cc(-c3ccc(-c4ccc(-c5c6ccc(C(C)(C)C)cc6c(-c6ccc(-c7ccccc7)cc6)c6ccc(C(C)(C)C)cc56)cc4)cc3)ccc21. The first-order valence-corrected chi connectivity index (χ1v) is 47.1. The van der Waals surface area contributed by atoms with Crippen molar-refractivity contribution in [3.63, 3.8) is 0 Å². The van der Waals surface area contributed by atoms with Crippen LogP contribution in [0.25, 0.3) is 220 Å². The van der Waals surface area contributed by atoms with Gasteiger partial charge in [0, 0.05) is 56.7 Å². The molecule has 0 fully saturated rings. The quantitative estimate of drug-likeness (QED) is 0.0961. The van der Waals surface area contributed by atoms with Crippen LogP contribution < -0.4 is 0 Å². The molecule has 0 bridgehead atoms. The van der Waals surface area contributed by atoms with Crippen molar-refractivity contribution in [3.05, 3.63) is 434 Å². The van der Waals surface area contributed by atoms with Crippen LogP contribution in [0.3, 0.4) is 0 Å². The molecule has 0 aliphatic rings. The van der Waals surface area contributed by atoms with E-state index in [4.69, 9.17) is 0 Å². The van der Waals surface area contributed by atoms with Crippen LogP contribution in [0, 0.1) is 13.8 Å². The summed E-state index contributed by atoms with van der Waals surface area (Å²) in [5.41, 5.74) is 41.5. The van der Waals surface area contributed by atoms with Gasteiger partial charge in [-0.2, -0.15) is 0 Å². The number of aromatic nitrogens is 2. The Morgan fingerprint density at radius 3 is 0.591 bits per heavy atom. The van der Waals surface area contributed by atoms with E-state index in [0.717, 1.165) is 13.1 Å². The van der Waals surface area contributed by atoms with Crippen LogP contribution in [0.2, 0.25) is 0 Å². The van der Waals surface area contributed by atoms with E-state index < -0.39 is 0 Å². The average Bonchev–Trinajstić information content (AvgIpc) is 1.20. The molecule has 0 amide bonds. The molecule has 22 rings (SSSR count). The van der Waals surface area contributed by atoms with Gasteiger partial charge in [-0.15, -0.1) is 0 Å². The van der Waals surface area contributed by atoms with Crippen LogP contribution in [0.1, 0.15) is 104 Å². The van der Waals surface area contributed by atoms with Gasteiger partial charge in [-0.1, -0.05) is 419 Å². The molecule has 0 spiro atoms. The highest BCUT2D eigenvalue weighted by atomic mass is 15.0. The second kappa shape index (κ2) is 33.8. The summed E-state index contributed by atoms with van der Waals surface area (Å²) in [6.07, 6.45) is 0. The van der Waals surface area contributed by atoms with Crippen LogP contribution in [-0.2, 0) is 29.3 Å². The minimum absolute atomic E-state index is 0.000145. The number of rotatable bonds is 14. The van der Waals surface area contributed by atoms with Crippen molar-refractivity contribution in [3.8, 4) is 134 Å². The predicted octanol–water partition coefficient (Wildman–Crippen LogP) is 36.8. The van der Waals surface area contributed by atoms with E-state index in [0.29, 0.717) is 0 Å². The van der Waals surface area contributed by atoms with E-state index in [-0.39, 0.29) is 16.2 Å². The highest BCUT2D eigenvalue weighted by Gasteiger charge is 2.26. The molecule has 0 N–H and O–H groups in total. The van der Waals surface area contributed by atoms with E-state index in [1.54, 1.807) is 0 Å². The molecule has 0 aliphatic carbocycles. The average molecular weight is 1700 g/mol. The number of benzene rings is 20. The minimum atomic E-state index is -0.00390. The summed E-state index contributed by atoms with van der Waals surface area (Å²) >= 11 is 0. The third-order valence-electron chi connectivity index (χ3n) is 27.8. The van der Waals surface area contributed by atoms with Gasteiger partial charge >= 0.3 is 0 Å². The van der Waals surface area contributed by atoms with Gasteiger partial charge in [0.2, 0.25) is 0 Å². The van der Waals surface area contributed by atoms with Crippen molar-refractivity contribution in [1.29, 1.82) is 0 Å². The van der Waals surface area contributed by atoms with E-state index >= 15 is 0 Å². The maximum atomic E-state index is 2.47. The lowest BCUT2D eigenvalue weighted by Gasteiger charge is -2.25. The van der Waals surface area contributed by atoms with Crippen molar-refractivity contribution in [1.82, 2.24) is 9.13 Å². The highest BCUT2D eigenvalue weighted by Crippen LogP contribution is 2.50. The van der Waals surface area contributed by atoms with E-state index in [1.807, 2.05) is 0 Å². The first-order chi connectivity index (χ1) is 64.0. The molecule has 640 valence electrons. The Kier molecular flexibility index (Phi) is 21.5. The largest absolute Gasteiger partial charge is 0.341 e. The molecule has 2 aromatic heterocycles. The zero-order valence-corrected chi connectivity index (χ0v) is 78.0. The zero-order chi connectivity index (χ0) is 90.4. The van der Waals surface area contributed by atoms with Crippen LogP contribution in [0.4, 0.5) is 0 Å². The maximum Gasteiger partial charge on any atom is 0.0491 e. The van der Waals surface area contributed by atoms with Gasteiger partial charge in [0.25, 0.3) is 0 Å². The third-order valence-corrected chi connectivity index (χ3v) is 27.8. The topological polar surface area (TPSA) is 9.86 Å². The molecular formula is C130H110N2. The number of nitrogens with zero attached hydrogens (tertiary/aromatic N) is 2. The molecule has 0 aliphatic heterocycles. The van der Waals surface area contributed by atoms with E-state index in [2.05, 4.69) is 506 Å². The van der Waals surface area contributed by atoms with Crippen molar-refractivity contribution < 1.29 is 0 Å². The smallest absolute Gasteiger partial charge is 0.0491 e. The summed E-state index contributed by atoms with van der Waals surface area (Å²) < 4.78 is 4.88. The summed E-state index contributed by atoms with van der Waals surface area (Å²) in [6.45, 7) is 31.6. The fourth-order valence-electron chi connectivity index (χ4n) is 20.5. The second-order valence-electron chi connectivity index (χ2n) is 39.4. The number of aryl methyl sites for hydroxylation is 4. The maximum absolute atomic E-state index is 2.47. The predicted molar refractivity (Wildman–Crippen MR) is 571 cm³/mol. The van der Waals surface area contributed by atoms with E-state index in [1.165, 1.54) is 248 Å². The van der Waals surface area contributed by atoms with E-state index in [9.17, 15) is 0 Å². The summed E-state index contributed by atoms with van der Waals surface area (Å²) in [6, 6.07) is 152. The van der Waals surface area contributed by atoms with Crippen LogP contribution >= 0.6 is 0 Å². The first-order valence-electron chi connectivity index (χ1n) is 47.1. The summed E-state index contributed by atoms with van der Waals surface area (Å²) in [5, 5.41) is 15.5. The van der Waals surface area contributed by atoms with Gasteiger partial charge in [0.15, 0.2) is 0 Å². The zero-order valence-electron chi connectivity index (χ0n) is 78.0. The molecule has 132 heavy (non-hydrogen) atoms. The van der Waals surface area contributed by atoms with Crippen LogP contribution in [0.5, 0.6) is 0 Å². The minimum Gasteiger partial charge on any atom is -0.341 e. The first kappa shape index (κ1) is 83.9. The molecule has 0 saturated carbocycles. The van der Waals surface area contributed by atoms with Crippen molar-refractivity contribution in [2.75, 3.05) is 0 Å². The monoisotopic (exact) mass is 1700 g/mol. The molecule has 0 saturated heterocycles. The third kappa shape index (κ3) is 15.7. The Hall–Kier alpha value is -15.0. The molecule has 22 aromatic rings. The summed E-state index contributed by atoms with van der Waals surface area (Å²) in [4.78, 5) is 0. The van der Waals surface area contributed by atoms with Gasteiger partial charge in [-0.05, 0) is 298 Å². The van der Waals surface area contributed by atoms with Crippen LogP contribution in [-0.4, -0.2) is 9.13 Å². The molecule has 2 heteroatoms. The Labute approximate surface area is 777 Å². The molecule has 0 radical (unpaired) electrons. The number of hydrogen-bond donors (Lipinski definition) is 0. The molecule has 0 atom stereocenters. The Bertz CT molecular complexity index is 8150. The molecule has 0 unspecified atom stereocenters. The normalized spacial score (nSPS) is 12.0. The lowest BCUT2D eigenvalue weighted by Crippen LogP contribution is -2.11. The van der Waals surface area contributed by atoms with Crippen molar-refractivity contribution >= 4 is 86.7 Å². The highest BCUT2D eigenvalue weighted by molar-refractivity contribution is 6.24. The lowest BCUT2D eigenvalue weighted by atomic mass is 9.79. The molecule has 2 heterocycles. The molecular weight excluding hydrogens is 1590 g/mol. The Balaban J connectivity index is 0.000000159. The van der Waals surface area contributed by atoms with Crippen molar-refractivity contribution in [2.24, 2.45) is 0 Å². The van der Waals surface area contributed by atoms with Gasteiger partial charge < -0.3 is 9.13 Å². The number of fused-ring (bicyclic) bond motifs is 10. The summed E-state index contributed by atoms with van der Waals surface area (Å²) in [7, 11) is 0. The van der Waals surface area contributed by atoms with Crippen LogP contribution in [0.15, 0.2) is 406 Å². The van der Waals surface area contributed by atoms with Gasteiger partial charge in [0.1, 0.15) is 0 Å². The Morgan fingerprint density at radius 2 is 0.341 bits per heavy atom. The van der Waals surface area contributed by atoms with Crippen molar-refractivity contribution in [2.45, 2.75) is 119 Å².